The Morgan fingerprint density at radius 1 is 1.03 bits per heavy atom. The largest absolute Gasteiger partial charge is 0.300 e. The van der Waals surface area contributed by atoms with E-state index < -0.39 is 0 Å². The lowest BCUT2D eigenvalue weighted by Crippen LogP contribution is -2.39. The third-order valence-corrected chi connectivity index (χ3v) is 6.99. The molecule has 4 heterocycles. The van der Waals surface area contributed by atoms with Gasteiger partial charge in [0, 0.05) is 17.5 Å². The smallest absolute Gasteiger partial charge is 0.134 e. The molecule has 2 aliphatic rings. The number of aromatic nitrogens is 5. The molecule has 2 aromatic carbocycles. The summed E-state index contributed by atoms with van der Waals surface area (Å²) in [4.78, 5) is 2.58. The fourth-order valence-corrected chi connectivity index (χ4v) is 5.27. The minimum Gasteiger partial charge on any atom is -0.300 e. The topological polar surface area (TPSA) is 62.6 Å². The Bertz CT molecular complexity index is 1200. The van der Waals surface area contributed by atoms with Crippen molar-refractivity contribution in [1.29, 1.82) is 0 Å². The third-order valence-electron chi connectivity index (χ3n) is 6.99. The summed E-state index contributed by atoms with van der Waals surface area (Å²) in [6.45, 7) is 0. The third kappa shape index (κ3) is 2.84. The highest BCUT2D eigenvalue weighted by molar-refractivity contribution is 5.91. The molecule has 2 fully saturated rings. The zero-order valence-electron chi connectivity index (χ0n) is 16.8. The first-order chi connectivity index (χ1) is 14.7. The number of fused-ring (bicyclic) bond motifs is 3. The number of hydrogen-bond donors (Lipinski definition) is 1. The predicted molar refractivity (Wildman–Crippen MR) is 113 cm³/mol. The summed E-state index contributed by atoms with van der Waals surface area (Å²) in [6, 6.07) is 14.8. The summed E-state index contributed by atoms with van der Waals surface area (Å²) in [6.07, 6.45) is 7.06. The van der Waals surface area contributed by atoms with Crippen LogP contribution in [0, 0.1) is 5.82 Å². The van der Waals surface area contributed by atoms with Gasteiger partial charge in [-0.3, -0.25) is 5.10 Å². The van der Waals surface area contributed by atoms with Gasteiger partial charge in [0.1, 0.15) is 17.2 Å². The normalized spacial score (nSPS) is 24.0. The summed E-state index contributed by atoms with van der Waals surface area (Å²) in [5.74, 6) is 0.355. The Morgan fingerprint density at radius 2 is 1.80 bits per heavy atom. The van der Waals surface area contributed by atoms with E-state index in [1.807, 2.05) is 6.20 Å². The van der Waals surface area contributed by atoms with Crippen molar-refractivity contribution in [3.63, 3.8) is 0 Å². The molecule has 6 nitrogen and oxygen atoms in total. The van der Waals surface area contributed by atoms with Crippen LogP contribution >= 0.6 is 0 Å². The van der Waals surface area contributed by atoms with Gasteiger partial charge in [-0.15, -0.1) is 5.10 Å². The molecule has 0 aliphatic carbocycles. The second kappa shape index (κ2) is 6.74. The maximum absolute atomic E-state index is 13.4. The number of piperidine rings is 1. The van der Waals surface area contributed by atoms with Gasteiger partial charge in [-0.2, -0.15) is 5.10 Å². The van der Waals surface area contributed by atoms with Crippen LogP contribution in [-0.2, 0) is 0 Å². The van der Waals surface area contributed by atoms with E-state index >= 15 is 0 Å². The molecular weight excluding hydrogens is 379 g/mol. The molecule has 3 atom stereocenters. The van der Waals surface area contributed by atoms with Crippen LogP contribution in [0.4, 0.5) is 4.39 Å². The second-order valence-corrected chi connectivity index (χ2v) is 8.62. The molecule has 0 spiro atoms. The highest BCUT2D eigenvalue weighted by Gasteiger charge is 2.38. The molecule has 0 amide bonds. The summed E-state index contributed by atoms with van der Waals surface area (Å²) in [5.41, 5.74) is 4.37. The first-order valence-corrected chi connectivity index (χ1v) is 10.5. The number of nitrogens with zero attached hydrogens (tertiary/aromatic N) is 5. The van der Waals surface area contributed by atoms with Crippen LogP contribution < -0.4 is 0 Å². The molecule has 7 heteroatoms. The zero-order valence-corrected chi connectivity index (χ0v) is 16.8. The Labute approximate surface area is 173 Å². The summed E-state index contributed by atoms with van der Waals surface area (Å²) in [5, 5.41) is 16.6. The second-order valence-electron chi connectivity index (χ2n) is 8.62. The standard InChI is InChI=1S/C23H23FN6/c1-29-18-7-8-19(29)11-15(10-18)14-2-5-17(6-3-14)30-13-22(26-28-30)23-20-9-4-16(24)12-21(20)25-27-23/h2-6,9,12-13,15,18-19H,7-8,10-11H2,1H3,(H,25,27)/t15?,18-,19?/m0/s1. The van der Waals surface area contributed by atoms with Crippen molar-refractivity contribution >= 4 is 10.9 Å². The number of hydrogen-bond acceptors (Lipinski definition) is 4. The van der Waals surface area contributed by atoms with Crippen molar-refractivity contribution in [1.82, 2.24) is 30.1 Å². The average Bonchev–Trinajstić information content (AvgIpc) is 3.44. The lowest BCUT2D eigenvalue weighted by molar-refractivity contribution is 0.161. The Morgan fingerprint density at radius 3 is 2.57 bits per heavy atom. The minimum absolute atomic E-state index is 0.293. The maximum atomic E-state index is 13.4. The lowest BCUT2D eigenvalue weighted by atomic mass is 9.85. The molecule has 2 unspecified atom stereocenters. The summed E-state index contributed by atoms with van der Waals surface area (Å²) < 4.78 is 15.2. The molecule has 6 rings (SSSR count). The SMILES string of the molecule is CN1C2CC[C@H]1CC(c1ccc(-n3cc(-c4n[nH]c5cc(F)ccc45)nn3)cc1)C2. The molecule has 0 saturated carbocycles. The number of rotatable bonds is 3. The molecule has 2 saturated heterocycles. The fraction of sp³-hybridized carbons (Fsp3) is 0.348. The highest BCUT2D eigenvalue weighted by Crippen LogP contribution is 2.42. The monoisotopic (exact) mass is 402 g/mol. The Hall–Kier alpha value is -3.06. The average molecular weight is 402 g/mol. The van der Waals surface area contributed by atoms with Crippen LogP contribution in [0.3, 0.4) is 0 Å². The first kappa shape index (κ1) is 17.8. The maximum Gasteiger partial charge on any atom is 0.134 e. The predicted octanol–water partition coefficient (Wildman–Crippen LogP) is 4.29. The van der Waals surface area contributed by atoms with Gasteiger partial charge in [-0.05, 0) is 74.5 Å². The van der Waals surface area contributed by atoms with Crippen molar-refractivity contribution in [3.05, 3.63) is 60.0 Å². The van der Waals surface area contributed by atoms with Gasteiger partial charge in [-0.25, -0.2) is 9.07 Å². The van der Waals surface area contributed by atoms with E-state index in [4.69, 9.17) is 0 Å². The summed E-state index contributed by atoms with van der Waals surface area (Å²) >= 11 is 0. The quantitative estimate of drug-likeness (QED) is 0.555. The zero-order chi connectivity index (χ0) is 20.2. The minimum atomic E-state index is -0.293. The van der Waals surface area contributed by atoms with Crippen molar-refractivity contribution in [2.75, 3.05) is 7.05 Å². The number of nitrogens with one attached hydrogen (secondary N) is 1. The number of aromatic amines is 1. The van der Waals surface area contributed by atoms with Crippen LogP contribution in [0.15, 0.2) is 48.7 Å². The van der Waals surface area contributed by atoms with Crippen LogP contribution in [0.2, 0.25) is 0 Å². The fourth-order valence-electron chi connectivity index (χ4n) is 5.27. The van der Waals surface area contributed by atoms with Gasteiger partial charge in [0.25, 0.3) is 0 Å². The van der Waals surface area contributed by atoms with Gasteiger partial charge in [0.2, 0.25) is 0 Å². The van der Waals surface area contributed by atoms with Crippen molar-refractivity contribution in [2.24, 2.45) is 0 Å². The van der Waals surface area contributed by atoms with Gasteiger partial charge in [-0.1, -0.05) is 17.3 Å². The number of H-pyrrole nitrogens is 1. The van der Waals surface area contributed by atoms with E-state index in [0.29, 0.717) is 22.8 Å². The molecule has 2 aliphatic heterocycles. The Kier molecular flexibility index (Phi) is 3.99. The van der Waals surface area contributed by atoms with Crippen LogP contribution in [0.25, 0.3) is 28.0 Å². The van der Waals surface area contributed by atoms with Gasteiger partial charge >= 0.3 is 0 Å². The van der Waals surface area contributed by atoms with E-state index in [9.17, 15) is 4.39 Å². The van der Waals surface area contributed by atoms with Crippen LogP contribution in [0.1, 0.15) is 37.2 Å². The molecule has 4 aromatic rings. The van der Waals surface area contributed by atoms with E-state index in [0.717, 1.165) is 23.2 Å². The number of halogens is 1. The molecule has 2 aromatic heterocycles. The molecular formula is C23H23FN6. The Balaban J connectivity index is 1.25. The van der Waals surface area contributed by atoms with Crippen molar-refractivity contribution in [3.8, 4) is 17.1 Å². The molecule has 0 radical (unpaired) electrons. The lowest BCUT2D eigenvalue weighted by Gasteiger charge is -2.36. The van der Waals surface area contributed by atoms with Crippen molar-refractivity contribution in [2.45, 2.75) is 43.7 Å². The van der Waals surface area contributed by atoms with Gasteiger partial charge in [0.15, 0.2) is 0 Å². The van der Waals surface area contributed by atoms with E-state index in [2.05, 4.69) is 56.7 Å². The molecule has 30 heavy (non-hydrogen) atoms. The van der Waals surface area contributed by atoms with Crippen molar-refractivity contribution < 1.29 is 4.39 Å². The van der Waals surface area contributed by atoms with Crippen LogP contribution in [0.5, 0.6) is 0 Å². The van der Waals surface area contributed by atoms with E-state index in [1.165, 1.54) is 43.4 Å². The molecule has 1 N–H and O–H groups in total. The van der Waals surface area contributed by atoms with E-state index in [1.54, 1.807) is 10.7 Å². The molecule has 152 valence electrons. The molecule has 2 bridgehead atoms. The van der Waals surface area contributed by atoms with Crippen LogP contribution in [-0.4, -0.2) is 49.2 Å². The highest BCUT2D eigenvalue weighted by atomic mass is 19.1. The number of benzene rings is 2. The summed E-state index contributed by atoms with van der Waals surface area (Å²) in [7, 11) is 2.28. The first-order valence-electron chi connectivity index (χ1n) is 10.5. The van der Waals surface area contributed by atoms with Gasteiger partial charge < -0.3 is 4.90 Å². The van der Waals surface area contributed by atoms with Gasteiger partial charge in [0.05, 0.1) is 17.4 Å². The van der Waals surface area contributed by atoms with E-state index in [-0.39, 0.29) is 5.82 Å².